The van der Waals surface area contributed by atoms with E-state index in [0.717, 1.165) is 23.7 Å². The van der Waals surface area contributed by atoms with Gasteiger partial charge in [-0.15, -0.1) is 0 Å². The maximum atomic E-state index is 11.0. The van der Waals surface area contributed by atoms with Crippen LogP contribution >= 0.6 is 0 Å². The molecule has 0 saturated carbocycles. The van der Waals surface area contributed by atoms with Gasteiger partial charge in [0.1, 0.15) is 35.6 Å². The number of rotatable bonds is 8. The Balaban J connectivity index is 1.47. The van der Waals surface area contributed by atoms with Crippen LogP contribution in [-0.2, 0) is 5.41 Å². The highest BCUT2D eigenvalue weighted by Crippen LogP contribution is 2.34. The summed E-state index contributed by atoms with van der Waals surface area (Å²) < 4.78 is 11.8. The van der Waals surface area contributed by atoms with Gasteiger partial charge in [-0.1, -0.05) is 62.4 Å². The largest absolute Gasteiger partial charge is 0.457 e. The first-order chi connectivity index (χ1) is 16.0. The van der Waals surface area contributed by atoms with Crippen LogP contribution in [0, 0.1) is 0 Å². The van der Waals surface area contributed by atoms with Gasteiger partial charge in [0.2, 0.25) is 0 Å². The second-order valence-electron chi connectivity index (χ2n) is 8.26. The Morgan fingerprint density at radius 2 is 0.939 bits per heavy atom. The van der Waals surface area contributed by atoms with E-state index in [1.807, 2.05) is 60.7 Å². The average molecular weight is 437 g/mol. The maximum absolute atomic E-state index is 11.0. The van der Waals surface area contributed by atoms with Gasteiger partial charge in [-0.05, 0) is 59.7 Å². The third-order valence-electron chi connectivity index (χ3n) is 5.61. The van der Waals surface area contributed by atoms with E-state index < -0.39 is 0 Å². The first kappa shape index (κ1) is 22.0. The van der Waals surface area contributed by atoms with Crippen molar-refractivity contribution >= 4 is 12.6 Å². The molecule has 0 aliphatic heterocycles. The van der Waals surface area contributed by atoms with E-state index in [9.17, 15) is 9.59 Å². The molecule has 4 heteroatoms. The summed E-state index contributed by atoms with van der Waals surface area (Å²) in [7, 11) is 0. The Morgan fingerprint density at radius 3 is 1.30 bits per heavy atom. The van der Waals surface area contributed by atoms with Crippen molar-refractivity contribution < 1.29 is 19.1 Å². The van der Waals surface area contributed by atoms with Gasteiger partial charge >= 0.3 is 0 Å². The molecular formula is C29H24O4. The fraction of sp³-hybridized carbons (Fsp3) is 0.103. The number of hydrogen-bond acceptors (Lipinski definition) is 4. The lowest BCUT2D eigenvalue weighted by Crippen LogP contribution is -2.18. The van der Waals surface area contributed by atoms with E-state index in [1.54, 1.807) is 36.4 Å². The first-order valence-corrected chi connectivity index (χ1v) is 10.7. The van der Waals surface area contributed by atoms with Crippen LogP contribution in [0.15, 0.2) is 97.1 Å². The Labute approximate surface area is 193 Å². The van der Waals surface area contributed by atoms with Crippen molar-refractivity contribution in [3.63, 3.8) is 0 Å². The molecule has 0 aliphatic carbocycles. The molecule has 0 radical (unpaired) electrons. The van der Waals surface area contributed by atoms with Gasteiger partial charge < -0.3 is 9.47 Å². The van der Waals surface area contributed by atoms with Crippen molar-refractivity contribution in [2.24, 2.45) is 0 Å². The summed E-state index contributed by atoms with van der Waals surface area (Å²) in [5.41, 5.74) is 3.21. The SMILES string of the molecule is CC(C)(c1ccc(Oc2cccc(C=O)c2)cc1)c1ccc(Oc2cccc(C=O)c2)cc1. The molecule has 0 atom stereocenters. The summed E-state index contributed by atoms with van der Waals surface area (Å²) in [6, 6.07) is 30.1. The number of ether oxygens (including phenoxy) is 2. The van der Waals surface area contributed by atoms with Crippen molar-refractivity contribution in [1.82, 2.24) is 0 Å². The van der Waals surface area contributed by atoms with Crippen LogP contribution in [0.4, 0.5) is 0 Å². The predicted octanol–water partition coefficient (Wildman–Crippen LogP) is 7.22. The zero-order valence-electron chi connectivity index (χ0n) is 18.5. The lowest BCUT2D eigenvalue weighted by molar-refractivity contribution is 0.111. The first-order valence-electron chi connectivity index (χ1n) is 10.7. The van der Waals surface area contributed by atoms with Crippen LogP contribution < -0.4 is 9.47 Å². The summed E-state index contributed by atoms with van der Waals surface area (Å²) >= 11 is 0. The van der Waals surface area contributed by atoms with E-state index in [4.69, 9.17) is 9.47 Å². The molecule has 0 heterocycles. The van der Waals surface area contributed by atoms with Crippen molar-refractivity contribution in [2.75, 3.05) is 0 Å². The molecule has 33 heavy (non-hydrogen) atoms. The molecule has 164 valence electrons. The zero-order chi connectivity index (χ0) is 23.3. The Bertz CT molecular complexity index is 1160. The average Bonchev–Trinajstić information content (AvgIpc) is 2.85. The van der Waals surface area contributed by atoms with Crippen molar-refractivity contribution in [3.8, 4) is 23.0 Å². The molecule has 0 aliphatic rings. The monoisotopic (exact) mass is 436 g/mol. The highest BCUT2D eigenvalue weighted by atomic mass is 16.5. The molecule has 0 bridgehead atoms. The molecule has 4 rings (SSSR count). The number of aldehydes is 2. The summed E-state index contributed by atoms with van der Waals surface area (Å²) in [6.07, 6.45) is 1.61. The maximum Gasteiger partial charge on any atom is 0.150 e. The van der Waals surface area contributed by atoms with Crippen molar-refractivity contribution in [2.45, 2.75) is 19.3 Å². The number of hydrogen-bond donors (Lipinski definition) is 0. The lowest BCUT2D eigenvalue weighted by Gasteiger charge is -2.26. The minimum Gasteiger partial charge on any atom is -0.457 e. The predicted molar refractivity (Wildman–Crippen MR) is 129 cm³/mol. The van der Waals surface area contributed by atoms with Gasteiger partial charge in [0.15, 0.2) is 0 Å². The van der Waals surface area contributed by atoms with Gasteiger partial charge in [0.25, 0.3) is 0 Å². The van der Waals surface area contributed by atoms with E-state index in [2.05, 4.69) is 13.8 Å². The molecule has 0 N–H and O–H groups in total. The Morgan fingerprint density at radius 1 is 0.545 bits per heavy atom. The minimum absolute atomic E-state index is 0.230. The van der Waals surface area contributed by atoms with Gasteiger partial charge in [-0.2, -0.15) is 0 Å². The molecule has 0 spiro atoms. The topological polar surface area (TPSA) is 52.6 Å². The Kier molecular flexibility index (Phi) is 6.36. The molecule has 4 aromatic rings. The second-order valence-corrected chi connectivity index (χ2v) is 8.26. The summed E-state index contributed by atoms with van der Waals surface area (Å²) in [4.78, 5) is 21.9. The molecule has 0 aromatic heterocycles. The summed E-state index contributed by atoms with van der Waals surface area (Å²) in [5, 5.41) is 0. The molecule has 0 unspecified atom stereocenters. The number of carbonyl (C=O) groups excluding carboxylic acids is 2. The number of carbonyl (C=O) groups is 2. The summed E-state index contributed by atoms with van der Waals surface area (Å²) in [5.74, 6) is 2.67. The van der Waals surface area contributed by atoms with E-state index >= 15 is 0 Å². The third-order valence-corrected chi connectivity index (χ3v) is 5.61. The Hall–Kier alpha value is -4.18. The van der Waals surface area contributed by atoms with Gasteiger partial charge in [0, 0.05) is 16.5 Å². The summed E-state index contributed by atoms with van der Waals surface area (Å²) in [6.45, 7) is 4.33. The van der Waals surface area contributed by atoms with Crippen LogP contribution in [0.1, 0.15) is 45.7 Å². The normalized spacial score (nSPS) is 11.0. The van der Waals surface area contributed by atoms with Crippen LogP contribution in [0.3, 0.4) is 0 Å². The molecule has 4 aromatic carbocycles. The fourth-order valence-electron chi connectivity index (χ4n) is 3.62. The fourth-order valence-corrected chi connectivity index (χ4v) is 3.62. The smallest absolute Gasteiger partial charge is 0.150 e. The van der Waals surface area contributed by atoms with E-state index in [0.29, 0.717) is 34.1 Å². The van der Waals surface area contributed by atoms with Crippen molar-refractivity contribution in [3.05, 3.63) is 119 Å². The third kappa shape index (κ3) is 5.18. The van der Waals surface area contributed by atoms with Gasteiger partial charge in [0.05, 0.1) is 0 Å². The standard InChI is InChI=1S/C29H24O4/c1-29(2,23-9-13-25(14-10-23)32-27-7-3-5-21(17-27)19-30)24-11-15-26(16-12-24)33-28-8-4-6-22(18-28)20-31/h3-20H,1-2H3. The molecule has 0 saturated heterocycles. The zero-order valence-corrected chi connectivity index (χ0v) is 18.5. The van der Waals surface area contributed by atoms with E-state index in [-0.39, 0.29) is 5.41 Å². The van der Waals surface area contributed by atoms with E-state index in [1.165, 1.54) is 0 Å². The highest BCUT2D eigenvalue weighted by molar-refractivity contribution is 5.76. The van der Waals surface area contributed by atoms with Crippen LogP contribution in [0.2, 0.25) is 0 Å². The molecular weight excluding hydrogens is 412 g/mol. The molecule has 0 fully saturated rings. The lowest BCUT2D eigenvalue weighted by atomic mass is 9.78. The van der Waals surface area contributed by atoms with Crippen molar-refractivity contribution in [1.29, 1.82) is 0 Å². The van der Waals surface area contributed by atoms with Crippen LogP contribution in [-0.4, -0.2) is 12.6 Å². The quantitative estimate of drug-likeness (QED) is 0.274. The highest BCUT2D eigenvalue weighted by Gasteiger charge is 2.23. The van der Waals surface area contributed by atoms with Crippen LogP contribution in [0.25, 0.3) is 0 Å². The number of benzene rings is 4. The van der Waals surface area contributed by atoms with Gasteiger partial charge in [-0.3, -0.25) is 9.59 Å². The molecule has 4 nitrogen and oxygen atoms in total. The van der Waals surface area contributed by atoms with Gasteiger partial charge in [-0.25, -0.2) is 0 Å². The second kappa shape index (κ2) is 9.53. The molecule has 0 amide bonds. The minimum atomic E-state index is -0.230. The van der Waals surface area contributed by atoms with Crippen LogP contribution in [0.5, 0.6) is 23.0 Å².